The predicted octanol–water partition coefficient (Wildman–Crippen LogP) is 2.87. The Morgan fingerprint density at radius 2 is 1.68 bits per heavy atom. The molecule has 0 amide bonds. The van der Waals surface area contributed by atoms with Crippen molar-refractivity contribution in [1.82, 2.24) is 10.1 Å². The highest BCUT2D eigenvalue weighted by Gasteiger charge is 2.19. The Balaban J connectivity index is 1.96. The van der Waals surface area contributed by atoms with Gasteiger partial charge >= 0.3 is 0 Å². The second kappa shape index (κ2) is 7.77. The van der Waals surface area contributed by atoms with Crippen LogP contribution in [-0.4, -0.2) is 39.9 Å². The summed E-state index contributed by atoms with van der Waals surface area (Å²) in [6, 6.07) is 9.24. The van der Waals surface area contributed by atoms with Gasteiger partial charge in [0.2, 0.25) is 17.5 Å². The van der Waals surface area contributed by atoms with Crippen molar-refractivity contribution in [1.29, 1.82) is 0 Å². The van der Waals surface area contributed by atoms with E-state index in [1.54, 1.807) is 19.1 Å². The van der Waals surface area contributed by atoms with Crippen molar-refractivity contribution in [3.63, 3.8) is 0 Å². The van der Waals surface area contributed by atoms with Gasteiger partial charge in [0, 0.05) is 24.6 Å². The van der Waals surface area contributed by atoms with Crippen molar-refractivity contribution in [2.45, 2.75) is 11.8 Å². The molecule has 28 heavy (non-hydrogen) atoms. The van der Waals surface area contributed by atoms with Crippen LogP contribution in [0.4, 0.5) is 5.69 Å². The molecule has 0 bridgehead atoms. The number of rotatable bonds is 7. The Hall–Kier alpha value is -3.27. The van der Waals surface area contributed by atoms with Crippen LogP contribution in [0.5, 0.6) is 17.2 Å². The summed E-state index contributed by atoms with van der Waals surface area (Å²) >= 11 is 0. The summed E-state index contributed by atoms with van der Waals surface area (Å²) in [5, 5.41) is 3.81. The molecule has 0 radical (unpaired) electrons. The van der Waals surface area contributed by atoms with E-state index in [4.69, 9.17) is 18.7 Å². The number of aryl methyl sites for hydroxylation is 1. The number of hydrogen-bond acceptors (Lipinski definition) is 8. The van der Waals surface area contributed by atoms with Gasteiger partial charge in [-0.3, -0.25) is 4.72 Å². The Morgan fingerprint density at radius 1 is 1.00 bits per heavy atom. The zero-order chi connectivity index (χ0) is 20.3. The zero-order valence-corrected chi connectivity index (χ0v) is 16.5. The number of anilines is 1. The number of ether oxygens (including phenoxy) is 3. The molecule has 2 aromatic carbocycles. The molecule has 0 saturated carbocycles. The van der Waals surface area contributed by atoms with Crippen LogP contribution in [0.1, 0.15) is 5.89 Å². The smallest absolute Gasteiger partial charge is 0.261 e. The van der Waals surface area contributed by atoms with Crippen molar-refractivity contribution in [3.8, 4) is 28.6 Å². The molecule has 1 heterocycles. The third kappa shape index (κ3) is 3.86. The quantitative estimate of drug-likeness (QED) is 0.638. The zero-order valence-electron chi connectivity index (χ0n) is 15.7. The van der Waals surface area contributed by atoms with E-state index >= 15 is 0 Å². The minimum atomic E-state index is -3.89. The number of aromatic nitrogens is 2. The molecule has 3 rings (SSSR count). The van der Waals surface area contributed by atoms with E-state index in [0.717, 1.165) is 0 Å². The van der Waals surface area contributed by atoms with E-state index in [9.17, 15) is 8.42 Å². The summed E-state index contributed by atoms with van der Waals surface area (Å²) in [5.41, 5.74) is 0.778. The Kier molecular flexibility index (Phi) is 5.41. The van der Waals surface area contributed by atoms with Crippen molar-refractivity contribution < 1.29 is 27.2 Å². The number of nitrogens with one attached hydrogen (secondary N) is 1. The molecule has 0 aliphatic rings. The maximum Gasteiger partial charge on any atom is 0.261 e. The molecule has 0 unspecified atom stereocenters. The number of sulfonamides is 1. The minimum Gasteiger partial charge on any atom is -0.493 e. The lowest BCUT2D eigenvalue weighted by Gasteiger charge is -2.15. The first-order chi connectivity index (χ1) is 13.4. The van der Waals surface area contributed by atoms with Gasteiger partial charge < -0.3 is 18.7 Å². The lowest BCUT2D eigenvalue weighted by molar-refractivity contribution is 0.325. The number of benzene rings is 2. The van der Waals surface area contributed by atoms with E-state index < -0.39 is 10.0 Å². The first-order valence-electron chi connectivity index (χ1n) is 8.11. The highest BCUT2D eigenvalue weighted by Crippen LogP contribution is 2.40. The summed E-state index contributed by atoms with van der Waals surface area (Å²) in [4.78, 5) is 4.16. The van der Waals surface area contributed by atoms with Gasteiger partial charge in [0.15, 0.2) is 11.5 Å². The fourth-order valence-electron chi connectivity index (χ4n) is 2.57. The maximum atomic E-state index is 12.9. The fraction of sp³-hybridized carbons (Fsp3) is 0.222. The van der Waals surface area contributed by atoms with Gasteiger partial charge in [-0.15, -0.1) is 0 Å². The summed E-state index contributed by atoms with van der Waals surface area (Å²) in [6.07, 6.45) is 0. The highest BCUT2D eigenvalue weighted by atomic mass is 32.2. The molecule has 0 atom stereocenters. The van der Waals surface area contributed by atoms with Crippen LogP contribution >= 0.6 is 0 Å². The van der Waals surface area contributed by atoms with Crippen LogP contribution < -0.4 is 18.9 Å². The number of hydrogen-bond donors (Lipinski definition) is 1. The van der Waals surface area contributed by atoms with Gasteiger partial charge in [-0.2, -0.15) is 4.98 Å². The first kappa shape index (κ1) is 19.5. The molecule has 1 aromatic heterocycles. The first-order valence-corrected chi connectivity index (χ1v) is 9.60. The molecule has 148 valence electrons. The molecule has 0 aliphatic heterocycles. The molecule has 1 N–H and O–H groups in total. The molecule has 0 aliphatic carbocycles. The highest BCUT2D eigenvalue weighted by molar-refractivity contribution is 7.92. The van der Waals surface area contributed by atoms with Crippen molar-refractivity contribution in [2.24, 2.45) is 0 Å². The number of methoxy groups -OCH3 is 3. The average molecular weight is 405 g/mol. The second-order valence-corrected chi connectivity index (χ2v) is 7.37. The van der Waals surface area contributed by atoms with E-state index in [1.807, 2.05) is 0 Å². The molecule has 0 fully saturated rings. The number of nitrogens with zero attached hydrogens (tertiary/aromatic N) is 2. The SMILES string of the molecule is COc1cc(NS(=O)(=O)c2cccc(-c3noc(C)n3)c2)cc(OC)c1OC. The van der Waals surface area contributed by atoms with Gasteiger partial charge in [-0.25, -0.2) is 8.42 Å². The van der Waals surface area contributed by atoms with Gasteiger partial charge in [0.05, 0.1) is 31.9 Å². The van der Waals surface area contributed by atoms with Gasteiger partial charge in [0.1, 0.15) is 0 Å². The van der Waals surface area contributed by atoms with E-state index in [0.29, 0.717) is 34.5 Å². The largest absolute Gasteiger partial charge is 0.493 e. The maximum absolute atomic E-state index is 12.9. The van der Waals surface area contributed by atoms with E-state index in [-0.39, 0.29) is 10.6 Å². The molecule has 9 nitrogen and oxygen atoms in total. The van der Waals surface area contributed by atoms with Gasteiger partial charge in [0.25, 0.3) is 10.0 Å². The summed E-state index contributed by atoms with van der Waals surface area (Å²) in [5.74, 6) is 1.72. The third-order valence-electron chi connectivity index (χ3n) is 3.85. The third-order valence-corrected chi connectivity index (χ3v) is 5.23. The Morgan fingerprint density at radius 3 is 2.21 bits per heavy atom. The summed E-state index contributed by atoms with van der Waals surface area (Å²) in [7, 11) is 0.474. The van der Waals surface area contributed by atoms with E-state index in [2.05, 4.69) is 14.9 Å². The molecule has 3 aromatic rings. The topological polar surface area (TPSA) is 113 Å². The van der Waals surface area contributed by atoms with Crippen molar-refractivity contribution >= 4 is 15.7 Å². The van der Waals surface area contributed by atoms with Crippen LogP contribution in [0.3, 0.4) is 0 Å². The molecular formula is C18H19N3O6S. The monoisotopic (exact) mass is 405 g/mol. The molecule has 0 saturated heterocycles. The standard InChI is InChI=1S/C18H19N3O6S/c1-11-19-18(20-27-11)12-6-5-7-14(8-12)28(22,23)21-13-9-15(24-2)17(26-4)16(10-13)25-3/h5-10,21H,1-4H3. The van der Waals surface area contributed by atoms with Crippen LogP contribution in [0.15, 0.2) is 45.8 Å². The van der Waals surface area contributed by atoms with Crippen molar-refractivity contribution in [2.75, 3.05) is 26.1 Å². The van der Waals surface area contributed by atoms with Crippen LogP contribution in [0.2, 0.25) is 0 Å². The normalized spacial score (nSPS) is 11.1. The lowest BCUT2D eigenvalue weighted by Crippen LogP contribution is -2.13. The Labute approximate surface area is 162 Å². The van der Waals surface area contributed by atoms with Crippen LogP contribution in [-0.2, 0) is 10.0 Å². The molecular weight excluding hydrogens is 386 g/mol. The average Bonchev–Trinajstić information content (AvgIpc) is 3.13. The van der Waals surface area contributed by atoms with Crippen LogP contribution in [0.25, 0.3) is 11.4 Å². The second-order valence-electron chi connectivity index (χ2n) is 5.68. The van der Waals surface area contributed by atoms with Crippen molar-refractivity contribution in [3.05, 3.63) is 42.3 Å². The fourth-order valence-corrected chi connectivity index (χ4v) is 3.66. The molecule has 0 spiro atoms. The minimum absolute atomic E-state index is 0.0428. The van der Waals surface area contributed by atoms with E-state index in [1.165, 1.54) is 45.6 Å². The van der Waals surface area contributed by atoms with Gasteiger partial charge in [-0.05, 0) is 12.1 Å². The molecule has 10 heteroatoms. The van der Waals surface area contributed by atoms with Gasteiger partial charge in [-0.1, -0.05) is 17.3 Å². The predicted molar refractivity (Wildman–Crippen MR) is 101 cm³/mol. The lowest BCUT2D eigenvalue weighted by atomic mass is 10.2. The summed E-state index contributed by atoms with van der Waals surface area (Å²) < 4.78 is 48.9. The Bertz CT molecular complexity index is 1070. The van der Waals surface area contributed by atoms with Crippen LogP contribution in [0, 0.1) is 6.92 Å². The summed E-state index contributed by atoms with van der Waals surface area (Å²) in [6.45, 7) is 1.66.